The zero-order valence-electron chi connectivity index (χ0n) is 6.59. The summed E-state index contributed by atoms with van der Waals surface area (Å²) in [6, 6.07) is 0. The summed E-state index contributed by atoms with van der Waals surface area (Å²) in [5.74, 6) is 5.64. The highest BCUT2D eigenvalue weighted by atomic mass is 15.4. The molecule has 0 aromatic rings. The number of hydrogen-bond acceptors (Lipinski definition) is 2. The molecule has 0 atom stereocenters. The van der Waals surface area contributed by atoms with E-state index in [9.17, 15) is 0 Å². The highest BCUT2D eigenvalue weighted by Gasteiger charge is 2.02. The van der Waals surface area contributed by atoms with Crippen molar-refractivity contribution in [3.8, 4) is 0 Å². The minimum atomic E-state index is 0.856. The summed E-state index contributed by atoms with van der Waals surface area (Å²) in [4.78, 5) is 0. The topological polar surface area (TPSA) is 29.3 Å². The molecule has 10 heavy (non-hydrogen) atoms. The number of hydrazine groups is 1. The lowest BCUT2D eigenvalue weighted by atomic mass is 10.1. The van der Waals surface area contributed by atoms with Gasteiger partial charge in [0.2, 0.25) is 0 Å². The zero-order valence-corrected chi connectivity index (χ0v) is 6.59. The second-order valence-electron chi connectivity index (χ2n) is 2.80. The van der Waals surface area contributed by atoms with Gasteiger partial charge in [0.1, 0.15) is 0 Å². The van der Waals surface area contributed by atoms with Gasteiger partial charge in [-0.05, 0) is 13.8 Å². The van der Waals surface area contributed by atoms with Crippen molar-refractivity contribution in [2.45, 2.75) is 13.8 Å². The lowest BCUT2D eigenvalue weighted by Gasteiger charge is -2.12. The largest absolute Gasteiger partial charge is 0.268 e. The molecule has 2 N–H and O–H groups in total. The van der Waals surface area contributed by atoms with Crippen LogP contribution in [0.25, 0.3) is 0 Å². The second kappa shape index (κ2) is 2.99. The van der Waals surface area contributed by atoms with Gasteiger partial charge in [-0.1, -0.05) is 23.3 Å². The summed E-state index contributed by atoms with van der Waals surface area (Å²) in [6.45, 7) is 5.98. The summed E-state index contributed by atoms with van der Waals surface area (Å²) in [5.41, 5.74) is 2.70. The fraction of sp³-hybridized carbons (Fsp3) is 0.500. The van der Waals surface area contributed by atoms with E-state index in [1.807, 2.05) is 5.01 Å². The molecule has 1 aliphatic heterocycles. The second-order valence-corrected chi connectivity index (χ2v) is 2.80. The average molecular weight is 138 g/mol. The van der Waals surface area contributed by atoms with Crippen LogP contribution in [-0.4, -0.2) is 18.1 Å². The monoisotopic (exact) mass is 138 g/mol. The zero-order chi connectivity index (χ0) is 7.56. The van der Waals surface area contributed by atoms with Crippen molar-refractivity contribution in [2.24, 2.45) is 5.84 Å². The first-order valence-electron chi connectivity index (χ1n) is 3.52. The molecule has 0 saturated heterocycles. The van der Waals surface area contributed by atoms with Crippen LogP contribution in [-0.2, 0) is 0 Å². The molecule has 0 fully saturated rings. The molecule has 1 heterocycles. The number of rotatable bonds is 0. The molecule has 2 heteroatoms. The van der Waals surface area contributed by atoms with Crippen molar-refractivity contribution in [2.75, 3.05) is 13.1 Å². The predicted octanol–water partition coefficient (Wildman–Crippen LogP) is 1.07. The first-order valence-corrected chi connectivity index (χ1v) is 3.52. The van der Waals surface area contributed by atoms with Crippen LogP contribution in [0.15, 0.2) is 23.3 Å². The Labute approximate surface area is 62.0 Å². The van der Waals surface area contributed by atoms with Crippen molar-refractivity contribution < 1.29 is 0 Å². The maximum absolute atomic E-state index is 5.64. The molecule has 2 nitrogen and oxygen atoms in total. The maximum Gasteiger partial charge on any atom is 0.0345 e. The number of nitrogens with two attached hydrogens (primary N) is 1. The molecular weight excluding hydrogens is 124 g/mol. The molecule has 0 aromatic carbocycles. The Kier molecular flexibility index (Phi) is 2.25. The van der Waals surface area contributed by atoms with Gasteiger partial charge < -0.3 is 0 Å². The van der Waals surface area contributed by atoms with E-state index in [1.165, 1.54) is 11.1 Å². The van der Waals surface area contributed by atoms with E-state index in [4.69, 9.17) is 5.84 Å². The van der Waals surface area contributed by atoms with Crippen LogP contribution in [0.2, 0.25) is 0 Å². The van der Waals surface area contributed by atoms with Crippen LogP contribution < -0.4 is 5.84 Å². The molecule has 0 spiro atoms. The number of allylic oxidation sites excluding steroid dienone is 2. The quantitative estimate of drug-likeness (QED) is 0.507. The fourth-order valence-electron chi connectivity index (χ4n) is 1.00. The van der Waals surface area contributed by atoms with E-state index < -0.39 is 0 Å². The first kappa shape index (κ1) is 7.51. The predicted molar refractivity (Wildman–Crippen MR) is 43.3 cm³/mol. The lowest BCUT2D eigenvalue weighted by Crippen LogP contribution is -2.31. The Hall–Kier alpha value is -0.600. The van der Waals surface area contributed by atoms with E-state index in [1.54, 1.807) is 0 Å². The Balaban J connectivity index is 2.75. The van der Waals surface area contributed by atoms with Crippen LogP contribution in [0.3, 0.4) is 0 Å². The highest BCUT2D eigenvalue weighted by molar-refractivity contribution is 5.25. The summed E-state index contributed by atoms with van der Waals surface area (Å²) < 4.78 is 0. The summed E-state index contributed by atoms with van der Waals surface area (Å²) >= 11 is 0. The van der Waals surface area contributed by atoms with E-state index in [0.717, 1.165) is 13.1 Å². The molecule has 0 aliphatic carbocycles. The van der Waals surface area contributed by atoms with Gasteiger partial charge in [0.25, 0.3) is 0 Å². The Morgan fingerprint density at radius 1 is 1.50 bits per heavy atom. The SMILES string of the molecule is CC1=C(C)CN(N)CC=C1. The van der Waals surface area contributed by atoms with Gasteiger partial charge in [-0.2, -0.15) is 0 Å². The Morgan fingerprint density at radius 3 is 2.90 bits per heavy atom. The van der Waals surface area contributed by atoms with Gasteiger partial charge in [0.15, 0.2) is 0 Å². The first-order chi connectivity index (χ1) is 4.70. The van der Waals surface area contributed by atoms with Gasteiger partial charge in [-0.15, -0.1) is 0 Å². The van der Waals surface area contributed by atoms with E-state index in [0.29, 0.717) is 0 Å². The minimum Gasteiger partial charge on any atom is -0.268 e. The summed E-state index contributed by atoms with van der Waals surface area (Å²) in [6.07, 6.45) is 4.22. The van der Waals surface area contributed by atoms with Gasteiger partial charge in [-0.25, -0.2) is 5.01 Å². The third kappa shape index (κ3) is 1.69. The summed E-state index contributed by atoms with van der Waals surface area (Å²) in [7, 11) is 0. The van der Waals surface area contributed by atoms with Crippen LogP contribution >= 0.6 is 0 Å². The van der Waals surface area contributed by atoms with Gasteiger partial charge in [-0.3, -0.25) is 5.84 Å². The third-order valence-electron chi connectivity index (χ3n) is 1.82. The van der Waals surface area contributed by atoms with Gasteiger partial charge in [0, 0.05) is 13.1 Å². The molecule has 1 aliphatic rings. The number of hydrogen-bond donors (Lipinski definition) is 1. The van der Waals surface area contributed by atoms with E-state index in [2.05, 4.69) is 26.0 Å². The summed E-state index contributed by atoms with van der Waals surface area (Å²) in [5, 5.41) is 1.81. The third-order valence-corrected chi connectivity index (χ3v) is 1.82. The van der Waals surface area contributed by atoms with Gasteiger partial charge >= 0.3 is 0 Å². The normalized spacial score (nSPS) is 21.5. The molecule has 0 bridgehead atoms. The Bertz CT molecular complexity index is 180. The van der Waals surface area contributed by atoms with E-state index in [-0.39, 0.29) is 0 Å². The average Bonchev–Trinajstić information content (AvgIpc) is 1.96. The van der Waals surface area contributed by atoms with Crippen molar-refractivity contribution in [1.29, 1.82) is 0 Å². The Morgan fingerprint density at radius 2 is 2.20 bits per heavy atom. The van der Waals surface area contributed by atoms with Gasteiger partial charge in [0.05, 0.1) is 0 Å². The molecule has 0 amide bonds. The number of nitrogens with zero attached hydrogens (tertiary/aromatic N) is 1. The lowest BCUT2D eigenvalue weighted by molar-refractivity contribution is 0.344. The molecule has 56 valence electrons. The molecule has 0 unspecified atom stereocenters. The van der Waals surface area contributed by atoms with Crippen molar-refractivity contribution in [1.82, 2.24) is 5.01 Å². The smallest absolute Gasteiger partial charge is 0.0345 e. The molecule has 0 aromatic heterocycles. The highest BCUT2D eigenvalue weighted by Crippen LogP contribution is 2.08. The van der Waals surface area contributed by atoms with Crippen LogP contribution in [0, 0.1) is 0 Å². The van der Waals surface area contributed by atoms with E-state index >= 15 is 0 Å². The van der Waals surface area contributed by atoms with Crippen LogP contribution in [0.5, 0.6) is 0 Å². The molecular formula is C8H14N2. The molecule has 0 saturated carbocycles. The minimum absolute atomic E-state index is 0.856. The van der Waals surface area contributed by atoms with Crippen molar-refractivity contribution in [3.05, 3.63) is 23.3 Å². The molecule has 1 rings (SSSR count). The standard InChI is InChI=1S/C8H14N2/c1-7-4-3-5-10(9)6-8(7)2/h3-4H,5-6,9H2,1-2H3. The van der Waals surface area contributed by atoms with Crippen LogP contribution in [0.4, 0.5) is 0 Å². The fourth-order valence-corrected chi connectivity index (χ4v) is 1.00. The van der Waals surface area contributed by atoms with Crippen molar-refractivity contribution in [3.63, 3.8) is 0 Å². The van der Waals surface area contributed by atoms with Crippen molar-refractivity contribution >= 4 is 0 Å². The molecule has 0 radical (unpaired) electrons. The maximum atomic E-state index is 5.64. The van der Waals surface area contributed by atoms with Crippen LogP contribution in [0.1, 0.15) is 13.8 Å².